The number of hydrogen-bond acceptors (Lipinski definition) is 6. The summed E-state index contributed by atoms with van der Waals surface area (Å²) < 4.78 is 13.3. The zero-order valence-electron chi connectivity index (χ0n) is 12.8. The van der Waals surface area contributed by atoms with Gasteiger partial charge in [0, 0.05) is 31.6 Å². The number of rotatable bonds is 2. The normalized spacial score (nSPS) is 26.9. The first kappa shape index (κ1) is 13.2. The van der Waals surface area contributed by atoms with Crippen molar-refractivity contribution in [1.29, 1.82) is 0 Å². The first-order valence-electron chi connectivity index (χ1n) is 7.80. The number of benzene rings is 1. The monoisotopic (exact) mass is 311 g/mol. The molecule has 2 aromatic heterocycles. The number of imidazole rings is 1. The van der Waals surface area contributed by atoms with Crippen LogP contribution >= 0.6 is 0 Å². The Morgan fingerprint density at radius 2 is 2.35 bits per heavy atom. The van der Waals surface area contributed by atoms with Gasteiger partial charge in [-0.05, 0) is 18.2 Å². The molecular formula is C16H17N5O2. The second kappa shape index (κ2) is 4.62. The molecule has 2 atom stereocenters. The van der Waals surface area contributed by atoms with Crippen molar-refractivity contribution in [3.05, 3.63) is 30.4 Å². The van der Waals surface area contributed by atoms with Gasteiger partial charge in [-0.25, -0.2) is 4.98 Å². The Hall–Kier alpha value is -2.25. The van der Waals surface area contributed by atoms with Crippen LogP contribution in [0.5, 0.6) is 0 Å². The Bertz CT molecular complexity index is 874. The number of nitrogens with one attached hydrogen (secondary N) is 1. The Labute approximate surface area is 132 Å². The molecular weight excluding hydrogens is 294 g/mol. The summed E-state index contributed by atoms with van der Waals surface area (Å²) in [5.41, 5.74) is 2.77. The summed E-state index contributed by atoms with van der Waals surface area (Å²) in [5.74, 6) is 1.70. The molecule has 3 aromatic rings. The molecule has 1 N–H and O–H groups in total. The maximum absolute atomic E-state index is 5.66. The van der Waals surface area contributed by atoms with Gasteiger partial charge >= 0.3 is 0 Å². The quantitative estimate of drug-likeness (QED) is 0.764. The lowest BCUT2D eigenvalue weighted by Gasteiger charge is -2.20. The van der Waals surface area contributed by atoms with Crippen LogP contribution in [0.25, 0.3) is 22.4 Å². The molecule has 7 heteroatoms. The third kappa shape index (κ3) is 1.80. The van der Waals surface area contributed by atoms with E-state index in [1.165, 1.54) is 0 Å². The third-order valence-electron chi connectivity index (χ3n) is 5.13. The maximum atomic E-state index is 5.66. The predicted octanol–water partition coefficient (Wildman–Crippen LogP) is 1.11. The van der Waals surface area contributed by atoms with E-state index in [0.717, 1.165) is 36.3 Å². The Morgan fingerprint density at radius 3 is 3.30 bits per heavy atom. The number of aromatic nitrogens is 4. The standard InChI is InChI=1S/C16H17N5O2/c1-21-9-18-12-4-10(2-3-13(12)21)14-19-15(23-20-14)16-7-17-5-11(16)6-22-8-16/h2-4,9,11,17H,5-8H2,1H3/t11-,16-/m0/s1. The number of ether oxygens (including phenoxy) is 1. The topological polar surface area (TPSA) is 78.0 Å². The fourth-order valence-electron chi connectivity index (χ4n) is 3.71. The van der Waals surface area contributed by atoms with E-state index >= 15 is 0 Å². The fraction of sp³-hybridized carbons (Fsp3) is 0.438. The average Bonchev–Trinajstić information content (AvgIpc) is 3.29. The van der Waals surface area contributed by atoms with Gasteiger partial charge < -0.3 is 19.1 Å². The molecule has 0 aliphatic carbocycles. The Kier molecular flexibility index (Phi) is 2.66. The van der Waals surface area contributed by atoms with Crippen molar-refractivity contribution in [3.8, 4) is 11.4 Å². The van der Waals surface area contributed by atoms with Crippen LogP contribution in [0.1, 0.15) is 5.89 Å². The lowest BCUT2D eigenvalue weighted by atomic mass is 9.81. The minimum atomic E-state index is -0.166. The molecule has 2 fully saturated rings. The highest BCUT2D eigenvalue weighted by molar-refractivity contribution is 5.80. The largest absolute Gasteiger partial charge is 0.380 e. The van der Waals surface area contributed by atoms with E-state index < -0.39 is 0 Å². The lowest BCUT2D eigenvalue weighted by molar-refractivity contribution is 0.161. The summed E-state index contributed by atoms with van der Waals surface area (Å²) in [6.07, 6.45) is 1.81. The van der Waals surface area contributed by atoms with Crippen molar-refractivity contribution in [2.75, 3.05) is 26.3 Å². The molecule has 0 bridgehead atoms. The van der Waals surface area contributed by atoms with Gasteiger partial charge in [-0.2, -0.15) is 4.98 Å². The molecule has 0 saturated carbocycles. The summed E-state index contributed by atoms with van der Waals surface area (Å²) in [7, 11) is 1.98. The van der Waals surface area contributed by atoms with Crippen LogP contribution in [-0.4, -0.2) is 46.0 Å². The first-order chi connectivity index (χ1) is 11.3. The van der Waals surface area contributed by atoms with Crippen molar-refractivity contribution < 1.29 is 9.26 Å². The van der Waals surface area contributed by atoms with Crippen LogP contribution in [0, 0.1) is 5.92 Å². The number of fused-ring (bicyclic) bond motifs is 2. The van der Waals surface area contributed by atoms with E-state index in [4.69, 9.17) is 9.26 Å². The number of nitrogens with zero attached hydrogens (tertiary/aromatic N) is 4. The minimum Gasteiger partial charge on any atom is -0.380 e. The second-order valence-electron chi connectivity index (χ2n) is 6.48. The van der Waals surface area contributed by atoms with Gasteiger partial charge in [0.05, 0.1) is 36.0 Å². The average molecular weight is 311 g/mol. The van der Waals surface area contributed by atoms with Crippen molar-refractivity contribution in [3.63, 3.8) is 0 Å². The van der Waals surface area contributed by atoms with E-state index in [-0.39, 0.29) is 5.41 Å². The highest BCUT2D eigenvalue weighted by atomic mass is 16.5. The summed E-state index contributed by atoms with van der Waals surface area (Å²) in [6, 6.07) is 6.04. The minimum absolute atomic E-state index is 0.166. The fourth-order valence-corrected chi connectivity index (χ4v) is 3.71. The van der Waals surface area contributed by atoms with E-state index in [1.807, 2.05) is 29.8 Å². The zero-order valence-corrected chi connectivity index (χ0v) is 12.8. The molecule has 23 heavy (non-hydrogen) atoms. The van der Waals surface area contributed by atoms with Crippen molar-refractivity contribution in [2.45, 2.75) is 5.41 Å². The molecule has 0 radical (unpaired) electrons. The van der Waals surface area contributed by atoms with E-state index in [0.29, 0.717) is 24.2 Å². The van der Waals surface area contributed by atoms with Crippen molar-refractivity contribution >= 4 is 11.0 Å². The van der Waals surface area contributed by atoms with Gasteiger partial charge in [0.25, 0.3) is 0 Å². The molecule has 7 nitrogen and oxygen atoms in total. The molecule has 0 unspecified atom stereocenters. The number of hydrogen-bond donors (Lipinski definition) is 1. The molecule has 4 heterocycles. The van der Waals surface area contributed by atoms with Crippen LogP contribution in [0.2, 0.25) is 0 Å². The molecule has 1 aromatic carbocycles. The third-order valence-corrected chi connectivity index (χ3v) is 5.13. The van der Waals surface area contributed by atoms with Crippen LogP contribution in [-0.2, 0) is 17.2 Å². The van der Waals surface area contributed by atoms with Gasteiger partial charge in [-0.1, -0.05) is 5.16 Å². The summed E-state index contributed by atoms with van der Waals surface area (Å²) in [5, 5.41) is 7.61. The van der Waals surface area contributed by atoms with Gasteiger partial charge in [0.15, 0.2) is 0 Å². The van der Waals surface area contributed by atoms with E-state index in [1.54, 1.807) is 6.33 Å². The van der Waals surface area contributed by atoms with Crippen molar-refractivity contribution in [2.24, 2.45) is 13.0 Å². The highest BCUT2D eigenvalue weighted by Gasteiger charge is 2.52. The SMILES string of the molecule is Cn1cnc2cc(-c3noc([C@]45CNC[C@H]4COC5)n3)ccc21. The first-order valence-corrected chi connectivity index (χ1v) is 7.80. The molecule has 2 aliphatic rings. The smallest absolute Gasteiger partial charge is 0.237 e. The van der Waals surface area contributed by atoms with E-state index in [2.05, 4.69) is 20.4 Å². The van der Waals surface area contributed by atoms with Crippen LogP contribution < -0.4 is 5.32 Å². The molecule has 0 amide bonds. The molecule has 2 aliphatic heterocycles. The van der Waals surface area contributed by atoms with Crippen LogP contribution in [0.4, 0.5) is 0 Å². The van der Waals surface area contributed by atoms with Crippen LogP contribution in [0.3, 0.4) is 0 Å². The van der Waals surface area contributed by atoms with Crippen molar-refractivity contribution in [1.82, 2.24) is 25.0 Å². The second-order valence-corrected chi connectivity index (χ2v) is 6.48. The predicted molar refractivity (Wildman–Crippen MR) is 82.9 cm³/mol. The molecule has 0 spiro atoms. The molecule has 5 rings (SSSR count). The van der Waals surface area contributed by atoms with Gasteiger partial charge in [0.2, 0.25) is 11.7 Å². The van der Waals surface area contributed by atoms with E-state index in [9.17, 15) is 0 Å². The van der Waals surface area contributed by atoms with Gasteiger partial charge in [-0.3, -0.25) is 0 Å². The summed E-state index contributed by atoms with van der Waals surface area (Å²) in [6.45, 7) is 3.17. The maximum Gasteiger partial charge on any atom is 0.237 e. The highest BCUT2D eigenvalue weighted by Crippen LogP contribution is 2.40. The van der Waals surface area contributed by atoms with Gasteiger partial charge in [0.1, 0.15) is 0 Å². The zero-order chi connectivity index (χ0) is 15.4. The summed E-state index contributed by atoms with van der Waals surface area (Å²) >= 11 is 0. The van der Waals surface area contributed by atoms with Gasteiger partial charge in [-0.15, -0.1) is 0 Å². The van der Waals surface area contributed by atoms with Crippen LogP contribution in [0.15, 0.2) is 29.0 Å². The summed E-state index contributed by atoms with van der Waals surface area (Å²) in [4.78, 5) is 9.06. The molecule has 2 saturated heterocycles. The molecule has 118 valence electrons. The lowest BCUT2D eigenvalue weighted by Crippen LogP contribution is -2.35. The number of aryl methyl sites for hydroxylation is 1. The Balaban J connectivity index is 1.55. The Morgan fingerprint density at radius 1 is 1.39 bits per heavy atom.